The first-order chi connectivity index (χ1) is 9.26. The molecule has 3 heteroatoms. The Hall–Kier alpha value is -1.22. The molecule has 0 aliphatic heterocycles. The number of hydrogen-bond donors (Lipinski definition) is 1. The molecule has 0 aromatic heterocycles. The summed E-state index contributed by atoms with van der Waals surface area (Å²) in [5.74, 6) is 2.29. The number of hydrogen-bond acceptors (Lipinski definition) is 3. The van der Waals surface area contributed by atoms with Gasteiger partial charge in [0.1, 0.15) is 0 Å². The van der Waals surface area contributed by atoms with Crippen LogP contribution >= 0.6 is 0 Å². The van der Waals surface area contributed by atoms with E-state index < -0.39 is 0 Å². The maximum absolute atomic E-state index is 6.25. The molecule has 1 aliphatic rings. The van der Waals surface area contributed by atoms with E-state index in [1.807, 2.05) is 19.1 Å². The van der Waals surface area contributed by atoms with E-state index in [4.69, 9.17) is 15.2 Å². The molecule has 1 aliphatic carbocycles. The van der Waals surface area contributed by atoms with Gasteiger partial charge in [0.25, 0.3) is 0 Å². The lowest BCUT2D eigenvalue weighted by Gasteiger charge is -2.29. The molecule has 106 valence electrons. The quantitative estimate of drug-likeness (QED) is 0.887. The summed E-state index contributed by atoms with van der Waals surface area (Å²) in [5.41, 5.74) is 7.47. The number of nitrogens with two attached hydrogens (primary N) is 1. The van der Waals surface area contributed by atoms with Crippen LogP contribution in [0.5, 0.6) is 11.5 Å². The molecule has 2 rings (SSSR count). The second-order valence-corrected chi connectivity index (χ2v) is 5.29. The molecular weight excluding hydrogens is 238 g/mol. The Kier molecular flexibility index (Phi) is 5.08. The molecule has 0 heterocycles. The molecule has 1 aromatic carbocycles. The predicted octanol–water partition coefficient (Wildman–Crippen LogP) is 3.15. The highest BCUT2D eigenvalue weighted by Crippen LogP contribution is 2.35. The van der Waals surface area contributed by atoms with Crippen LogP contribution in [0.15, 0.2) is 18.2 Å². The van der Waals surface area contributed by atoms with Gasteiger partial charge < -0.3 is 15.2 Å². The summed E-state index contributed by atoms with van der Waals surface area (Å²) in [5, 5.41) is 0. The van der Waals surface area contributed by atoms with Gasteiger partial charge in [0.15, 0.2) is 11.5 Å². The molecule has 1 fully saturated rings. The van der Waals surface area contributed by atoms with E-state index in [-0.39, 0.29) is 0 Å². The lowest BCUT2D eigenvalue weighted by molar-refractivity contribution is 0.287. The zero-order chi connectivity index (χ0) is 13.7. The molecule has 19 heavy (non-hydrogen) atoms. The van der Waals surface area contributed by atoms with Crippen molar-refractivity contribution in [1.82, 2.24) is 0 Å². The van der Waals surface area contributed by atoms with Crippen molar-refractivity contribution in [2.45, 2.75) is 45.1 Å². The minimum absolute atomic E-state index is 0.328. The first kappa shape index (κ1) is 14.2. The summed E-state index contributed by atoms with van der Waals surface area (Å²) in [4.78, 5) is 0. The first-order valence-corrected chi connectivity index (χ1v) is 7.30. The largest absolute Gasteiger partial charge is 0.493 e. The van der Waals surface area contributed by atoms with Gasteiger partial charge in [-0.05, 0) is 43.7 Å². The average Bonchev–Trinajstić information content (AvgIpc) is 2.43. The van der Waals surface area contributed by atoms with Crippen molar-refractivity contribution in [2.24, 2.45) is 11.7 Å². The highest BCUT2D eigenvalue weighted by molar-refractivity contribution is 5.46. The number of ether oxygens (including phenoxy) is 2. The average molecular weight is 263 g/mol. The summed E-state index contributed by atoms with van der Waals surface area (Å²) in [6.45, 7) is 2.66. The molecule has 0 saturated heterocycles. The summed E-state index contributed by atoms with van der Waals surface area (Å²) in [7, 11) is 1.69. The summed E-state index contributed by atoms with van der Waals surface area (Å²) in [6.07, 6.45) is 5.94. The van der Waals surface area contributed by atoms with Crippen molar-refractivity contribution < 1.29 is 9.47 Å². The van der Waals surface area contributed by atoms with Crippen LogP contribution in [0, 0.1) is 5.92 Å². The summed E-state index contributed by atoms with van der Waals surface area (Å²) < 4.78 is 11.2. The number of benzene rings is 1. The van der Waals surface area contributed by atoms with Crippen molar-refractivity contribution in [3.05, 3.63) is 23.8 Å². The van der Waals surface area contributed by atoms with Gasteiger partial charge in [0.2, 0.25) is 0 Å². The fourth-order valence-electron chi connectivity index (χ4n) is 2.96. The van der Waals surface area contributed by atoms with Crippen LogP contribution in [0.3, 0.4) is 0 Å². The van der Waals surface area contributed by atoms with Crippen LogP contribution in [0.25, 0.3) is 0 Å². The topological polar surface area (TPSA) is 44.5 Å². The van der Waals surface area contributed by atoms with E-state index >= 15 is 0 Å². The third-order valence-electron chi connectivity index (χ3n) is 4.02. The SMILES string of the molecule is CCOc1c(CC2CCCCC2N)cccc1OC. The molecular formula is C16H25NO2. The molecule has 2 atom stereocenters. The van der Waals surface area contributed by atoms with E-state index in [2.05, 4.69) is 6.07 Å². The lowest BCUT2D eigenvalue weighted by Crippen LogP contribution is -2.34. The van der Waals surface area contributed by atoms with Crippen molar-refractivity contribution in [3.8, 4) is 11.5 Å². The van der Waals surface area contributed by atoms with Gasteiger partial charge in [-0.1, -0.05) is 25.0 Å². The van der Waals surface area contributed by atoms with E-state index in [1.54, 1.807) is 7.11 Å². The van der Waals surface area contributed by atoms with Crippen LogP contribution < -0.4 is 15.2 Å². The molecule has 0 radical (unpaired) electrons. The van der Waals surface area contributed by atoms with E-state index in [0.717, 1.165) is 24.3 Å². The Balaban J connectivity index is 2.18. The summed E-state index contributed by atoms with van der Waals surface area (Å²) in [6, 6.07) is 6.45. The maximum Gasteiger partial charge on any atom is 0.164 e. The van der Waals surface area contributed by atoms with Crippen molar-refractivity contribution in [1.29, 1.82) is 0 Å². The Bertz CT molecular complexity index is 406. The highest BCUT2D eigenvalue weighted by Gasteiger charge is 2.23. The molecule has 1 saturated carbocycles. The minimum Gasteiger partial charge on any atom is -0.493 e. The normalized spacial score (nSPS) is 23.1. The van der Waals surface area contributed by atoms with Gasteiger partial charge in [0, 0.05) is 6.04 Å². The predicted molar refractivity (Wildman–Crippen MR) is 77.8 cm³/mol. The van der Waals surface area contributed by atoms with Crippen molar-refractivity contribution in [3.63, 3.8) is 0 Å². The van der Waals surface area contributed by atoms with E-state index in [9.17, 15) is 0 Å². The molecule has 0 spiro atoms. The Morgan fingerprint density at radius 2 is 2.05 bits per heavy atom. The van der Waals surface area contributed by atoms with Crippen molar-refractivity contribution in [2.75, 3.05) is 13.7 Å². The molecule has 2 N–H and O–H groups in total. The maximum atomic E-state index is 6.25. The Morgan fingerprint density at radius 3 is 2.74 bits per heavy atom. The second-order valence-electron chi connectivity index (χ2n) is 5.29. The zero-order valence-corrected chi connectivity index (χ0v) is 12.0. The highest BCUT2D eigenvalue weighted by atomic mass is 16.5. The minimum atomic E-state index is 0.328. The van der Waals surface area contributed by atoms with E-state index in [0.29, 0.717) is 18.6 Å². The van der Waals surface area contributed by atoms with Crippen LogP contribution in [0.1, 0.15) is 38.2 Å². The molecule has 2 unspecified atom stereocenters. The number of para-hydroxylation sites is 1. The Labute approximate surface area is 116 Å². The monoisotopic (exact) mass is 263 g/mol. The zero-order valence-electron chi connectivity index (χ0n) is 12.0. The van der Waals surface area contributed by atoms with Crippen LogP contribution in [0.2, 0.25) is 0 Å². The van der Waals surface area contributed by atoms with Gasteiger partial charge in [0.05, 0.1) is 13.7 Å². The first-order valence-electron chi connectivity index (χ1n) is 7.30. The lowest BCUT2D eigenvalue weighted by atomic mass is 9.81. The standard InChI is InChI=1S/C16H25NO2/c1-3-19-16-13(8-6-10-15(16)18-2)11-12-7-4-5-9-14(12)17/h6,8,10,12,14H,3-5,7,9,11,17H2,1-2H3. The van der Waals surface area contributed by atoms with Crippen LogP contribution in [0.4, 0.5) is 0 Å². The van der Waals surface area contributed by atoms with Gasteiger partial charge in [-0.2, -0.15) is 0 Å². The van der Waals surface area contributed by atoms with Gasteiger partial charge >= 0.3 is 0 Å². The number of methoxy groups -OCH3 is 1. The molecule has 0 amide bonds. The third-order valence-corrected chi connectivity index (χ3v) is 4.02. The Morgan fingerprint density at radius 1 is 1.26 bits per heavy atom. The smallest absolute Gasteiger partial charge is 0.164 e. The van der Waals surface area contributed by atoms with Gasteiger partial charge in [-0.25, -0.2) is 0 Å². The van der Waals surface area contributed by atoms with Gasteiger partial charge in [-0.3, -0.25) is 0 Å². The molecule has 1 aromatic rings. The summed E-state index contributed by atoms with van der Waals surface area (Å²) >= 11 is 0. The fraction of sp³-hybridized carbons (Fsp3) is 0.625. The molecule has 3 nitrogen and oxygen atoms in total. The van der Waals surface area contributed by atoms with E-state index in [1.165, 1.54) is 24.8 Å². The second kappa shape index (κ2) is 6.80. The van der Waals surface area contributed by atoms with Crippen LogP contribution in [-0.2, 0) is 6.42 Å². The number of rotatable bonds is 5. The molecule has 0 bridgehead atoms. The van der Waals surface area contributed by atoms with Gasteiger partial charge in [-0.15, -0.1) is 0 Å². The fourth-order valence-corrected chi connectivity index (χ4v) is 2.96. The van der Waals surface area contributed by atoms with Crippen LogP contribution in [-0.4, -0.2) is 19.8 Å². The third kappa shape index (κ3) is 3.41. The van der Waals surface area contributed by atoms with Crippen molar-refractivity contribution >= 4 is 0 Å².